The van der Waals surface area contributed by atoms with Gasteiger partial charge in [-0.15, -0.1) is 0 Å². The van der Waals surface area contributed by atoms with Gasteiger partial charge in [-0.3, -0.25) is 4.79 Å². The molecule has 1 saturated heterocycles. The Hall–Kier alpha value is -1.55. The zero-order valence-corrected chi connectivity index (χ0v) is 10.0. The molecule has 1 aromatic carbocycles. The van der Waals surface area contributed by atoms with Gasteiger partial charge in [-0.05, 0) is 38.1 Å². The third kappa shape index (κ3) is 3.20. The van der Waals surface area contributed by atoms with Crippen molar-refractivity contribution in [3.05, 3.63) is 24.3 Å². The number of anilines is 1. The van der Waals surface area contributed by atoms with Gasteiger partial charge in [0.25, 0.3) is 0 Å². The monoisotopic (exact) mass is 234 g/mol. The third-order valence-corrected chi connectivity index (χ3v) is 2.80. The highest BCUT2D eigenvalue weighted by molar-refractivity contribution is 5.92. The van der Waals surface area contributed by atoms with Crippen LogP contribution in [0.3, 0.4) is 0 Å². The largest absolute Gasteiger partial charge is 0.492 e. The van der Waals surface area contributed by atoms with Crippen molar-refractivity contribution in [1.82, 2.24) is 5.32 Å². The highest BCUT2D eigenvalue weighted by Crippen LogP contribution is 2.24. The molecule has 1 aromatic rings. The first-order valence-corrected chi connectivity index (χ1v) is 6.02. The van der Waals surface area contributed by atoms with Crippen molar-refractivity contribution in [3.63, 3.8) is 0 Å². The number of carbonyl (C=O) groups excluding carboxylic acids is 1. The van der Waals surface area contributed by atoms with Crippen LogP contribution in [0.2, 0.25) is 0 Å². The van der Waals surface area contributed by atoms with Crippen molar-refractivity contribution in [2.45, 2.75) is 13.3 Å². The van der Waals surface area contributed by atoms with Gasteiger partial charge in [0.2, 0.25) is 5.91 Å². The Morgan fingerprint density at radius 2 is 2.24 bits per heavy atom. The van der Waals surface area contributed by atoms with Crippen molar-refractivity contribution in [3.8, 4) is 5.75 Å². The fraction of sp³-hybridized carbons (Fsp3) is 0.462. The Morgan fingerprint density at radius 1 is 1.47 bits per heavy atom. The molecule has 1 fully saturated rings. The summed E-state index contributed by atoms with van der Waals surface area (Å²) < 4.78 is 5.46. The van der Waals surface area contributed by atoms with Gasteiger partial charge in [-0.2, -0.15) is 0 Å². The van der Waals surface area contributed by atoms with E-state index in [0.29, 0.717) is 18.9 Å². The lowest BCUT2D eigenvalue weighted by Gasteiger charge is -2.26. The molecule has 4 nitrogen and oxygen atoms in total. The van der Waals surface area contributed by atoms with Gasteiger partial charge >= 0.3 is 0 Å². The van der Waals surface area contributed by atoms with Gasteiger partial charge in [0, 0.05) is 6.42 Å². The zero-order valence-electron chi connectivity index (χ0n) is 10.0. The Kier molecular flexibility index (Phi) is 3.98. The maximum absolute atomic E-state index is 11.8. The van der Waals surface area contributed by atoms with Gasteiger partial charge in [-0.1, -0.05) is 12.1 Å². The van der Waals surface area contributed by atoms with Crippen LogP contribution in [-0.2, 0) is 4.79 Å². The summed E-state index contributed by atoms with van der Waals surface area (Å²) in [7, 11) is 0. The van der Waals surface area contributed by atoms with E-state index in [-0.39, 0.29) is 5.91 Å². The molecule has 2 rings (SSSR count). The maximum atomic E-state index is 11.8. The Bertz CT molecular complexity index is 389. The first kappa shape index (κ1) is 11.9. The first-order valence-electron chi connectivity index (χ1n) is 6.02. The topological polar surface area (TPSA) is 50.4 Å². The summed E-state index contributed by atoms with van der Waals surface area (Å²) in [6.07, 6.45) is 0.577. The Labute approximate surface area is 101 Å². The molecule has 1 aliphatic rings. The average Bonchev–Trinajstić information content (AvgIpc) is 2.27. The van der Waals surface area contributed by atoms with Gasteiger partial charge in [0.05, 0.1) is 12.3 Å². The summed E-state index contributed by atoms with van der Waals surface area (Å²) in [6.45, 7) is 4.42. The van der Waals surface area contributed by atoms with Crippen LogP contribution in [0.15, 0.2) is 24.3 Å². The van der Waals surface area contributed by atoms with Crippen LogP contribution >= 0.6 is 0 Å². The molecule has 2 N–H and O–H groups in total. The SMILES string of the molecule is CCOc1ccccc1NC(=O)CC1CNC1. The molecular formula is C13H18N2O2. The van der Waals surface area contributed by atoms with E-state index in [1.54, 1.807) is 0 Å². The maximum Gasteiger partial charge on any atom is 0.224 e. The van der Waals surface area contributed by atoms with Crippen LogP contribution in [0.4, 0.5) is 5.69 Å². The standard InChI is InChI=1S/C13H18N2O2/c1-2-17-12-6-4-3-5-11(12)15-13(16)7-10-8-14-9-10/h3-6,10,14H,2,7-9H2,1H3,(H,15,16). The first-order chi connectivity index (χ1) is 8.29. The van der Waals surface area contributed by atoms with E-state index in [4.69, 9.17) is 4.74 Å². The van der Waals surface area contributed by atoms with E-state index in [1.165, 1.54) is 0 Å². The Morgan fingerprint density at radius 3 is 2.88 bits per heavy atom. The van der Waals surface area contributed by atoms with Crippen molar-refractivity contribution >= 4 is 11.6 Å². The lowest BCUT2D eigenvalue weighted by Crippen LogP contribution is -2.43. The van der Waals surface area contributed by atoms with E-state index in [1.807, 2.05) is 31.2 Å². The average molecular weight is 234 g/mol. The third-order valence-electron chi connectivity index (χ3n) is 2.80. The lowest BCUT2D eigenvalue weighted by atomic mass is 9.99. The molecule has 17 heavy (non-hydrogen) atoms. The van der Waals surface area contributed by atoms with E-state index >= 15 is 0 Å². The minimum atomic E-state index is 0.0589. The van der Waals surface area contributed by atoms with Gasteiger partial charge < -0.3 is 15.4 Å². The normalized spacial score (nSPS) is 15.1. The number of ether oxygens (including phenoxy) is 1. The molecule has 1 heterocycles. The van der Waals surface area contributed by atoms with Gasteiger partial charge in [-0.25, -0.2) is 0 Å². The summed E-state index contributed by atoms with van der Waals surface area (Å²) >= 11 is 0. The highest BCUT2D eigenvalue weighted by Gasteiger charge is 2.20. The molecule has 0 spiro atoms. The minimum Gasteiger partial charge on any atom is -0.492 e. The second kappa shape index (κ2) is 5.68. The molecular weight excluding hydrogens is 216 g/mol. The number of carbonyl (C=O) groups is 1. The molecule has 0 atom stereocenters. The van der Waals surface area contributed by atoms with Crippen LogP contribution in [0.5, 0.6) is 5.75 Å². The number of hydrogen-bond donors (Lipinski definition) is 2. The van der Waals surface area contributed by atoms with Crippen LogP contribution in [-0.4, -0.2) is 25.6 Å². The predicted molar refractivity (Wildman–Crippen MR) is 67.2 cm³/mol. The quantitative estimate of drug-likeness (QED) is 0.814. The molecule has 1 aliphatic heterocycles. The lowest BCUT2D eigenvalue weighted by molar-refractivity contribution is -0.117. The molecule has 0 bridgehead atoms. The van der Waals surface area contributed by atoms with Crippen molar-refractivity contribution in [2.75, 3.05) is 25.0 Å². The van der Waals surface area contributed by atoms with E-state index in [2.05, 4.69) is 10.6 Å². The minimum absolute atomic E-state index is 0.0589. The summed E-state index contributed by atoms with van der Waals surface area (Å²) in [4.78, 5) is 11.8. The van der Waals surface area contributed by atoms with Gasteiger partial charge in [0.1, 0.15) is 5.75 Å². The van der Waals surface area contributed by atoms with Crippen molar-refractivity contribution in [2.24, 2.45) is 5.92 Å². The van der Waals surface area contributed by atoms with E-state index in [0.717, 1.165) is 24.5 Å². The Balaban J connectivity index is 1.94. The molecule has 0 saturated carbocycles. The summed E-state index contributed by atoms with van der Waals surface area (Å²) in [5, 5.41) is 6.06. The number of para-hydroxylation sites is 2. The molecule has 4 heteroatoms. The second-order valence-corrected chi connectivity index (χ2v) is 4.21. The fourth-order valence-corrected chi connectivity index (χ4v) is 1.81. The number of benzene rings is 1. The van der Waals surface area contributed by atoms with Crippen molar-refractivity contribution < 1.29 is 9.53 Å². The predicted octanol–water partition coefficient (Wildman–Crippen LogP) is 1.63. The van der Waals surface area contributed by atoms with Crippen LogP contribution in [0.1, 0.15) is 13.3 Å². The van der Waals surface area contributed by atoms with Crippen LogP contribution < -0.4 is 15.4 Å². The number of rotatable bonds is 5. The molecule has 0 aromatic heterocycles. The smallest absolute Gasteiger partial charge is 0.224 e. The van der Waals surface area contributed by atoms with Crippen molar-refractivity contribution in [1.29, 1.82) is 0 Å². The van der Waals surface area contributed by atoms with Gasteiger partial charge in [0.15, 0.2) is 0 Å². The second-order valence-electron chi connectivity index (χ2n) is 4.21. The molecule has 92 valence electrons. The molecule has 0 unspecified atom stereocenters. The van der Waals surface area contributed by atoms with Crippen LogP contribution in [0.25, 0.3) is 0 Å². The highest BCUT2D eigenvalue weighted by atomic mass is 16.5. The van der Waals surface area contributed by atoms with Crippen LogP contribution in [0, 0.1) is 5.92 Å². The van der Waals surface area contributed by atoms with E-state index in [9.17, 15) is 4.79 Å². The number of hydrogen-bond acceptors (Lipinski definition) is 3. The zero-order chi connectivity index (χ0) is 12.1. The molecule has 0 radical (unpaired) electrons. The molecule has 0 aliphatic carbocycles. The molecule has 1 amide bonds. The summed E-state index contributed by atoms with van der Waals surface area (Å²) in [5.41, 5.74) is 0.756. The fourth-order valence-electron chi connectivity index (χ4n) is 1.81. The number of amides is 1. The van der Waals surface area contributed by atoms with E-state index < -0.39 is 0 Å². The summed E-state index contributed by atoms with van der Waals surface area (Å²) in [5.74, 6) is 1.27. The number of nitrogens with one attached hydrogen (secondary N) is 2. The summed E-state index contributed by atoms with van der Waals surface area (Å²) in [6, 6.07) is 7.52.